The van der Waals surface area contributed by atoms with E-state index in [-0.39, 0.29) is 17.7 Å². The predicted molar refractivity (Wildman–Crippen MR) is 151 cm³/mol. The maximum Gasteiger partial charge on any atom is 0.254 e. The SMILES string of the molecule is Cn1c(-c2cc3cccc(OCC4CCNC4=O)c3n2CC2CC2)nc2cc3c(cc21)CCN(CCCF)C3=O. The number of aryl methyl sites for hydroxylation is 1. The van der Waals surface area contributed by atoms with E-state index in [9.17, 15) is 14.0 Å². The van der Waals surface area contributed by atoms with Crippen LogP contribution >= 0.6 is 0 Å². The molecule has 1 saturated heterocycles. The summed E-state index contributed by atoms with van der Waals surface area (Å²) in [6.07, 6.45) is 4.33. The van der Waals surface area contributed by atoms with Crippen molar-refractivity contribution in [2.45, 2.75) is 38.6 Å². The van der Waals surface area contributed by atoms with Crippen LogP contribution < -0.4 is 10.1 Å². The van der Waals surface area contributed by atoms with Crippen LogP contribution in [0, 0.1) is 11.8 Å². The number of imidazole rings is 1. The summed E-state index contributed by atoms with van der Waals surface area (Å²) >= 11 is 0. The molecule has 4 heterocycles. The van der Waals surface area contributed by atoms with Crippen LogP contribution in [-0.4, -0.2) is 63.7 Å². The molecular weight excluding hydrogens is 509 g/mol. The molecule has 3 aliphatic rings. The lowest BCUT2D eigenvalue weighted by molar-refractivity contribution is -0.123. The van der Waals surface area contributed by atoms with Gasteiger partial charge in [0.1, 0.15) is 5.75 Å². The van der Waals surface area contributed by atoms with Crippen molar-refractivity contribution in [2.24, 2.45) is 18.9 Å². The quantitative estimate of drug-likeness (QED) is 0.338. The molecule has 1 N–H and O–H groups in total. The van der Waals surface area contributed by atoms with Gasteiger partial charge in [-0.2, -0.15) is 0 Å². The Morgan fingerprint density at radius 2 is 2.02 bits per heavy atom. The lowest BCUT2D eigenvalue weighted by atomic mass is 9.98. The van der Waals surface area contributed by atoms with E-state index in [4.69, 9.17) is 9.72 Å². The number of nitrogens with zero attached hydrogens (tertiary/aromatic N) is 4. The highest BCUT2D eigenvalue weighted by molar-refractivity contribution is 6.01. The van der Waals surface area contributed by atoms with Crippen LogP contribution in [0.2, 0.25) is 0 Å². The molecule has 1 atom stereocenters. The molecule has 2 fully saturated rings. The van der Waals surface area contributed by atoms with E-state index >= 15 is 0 Å². The third kappa shape index (κ3) is 4.32. The van der Waals surface area contributed by atoms with Gasteiger partial charge in [-0.3, -0.25) is 14.0 Å². The van der Waals surface area contributed by atoms with Gasteiger partial charge in [0.15, 0.2) is 5.82 Å². The zero-order valence-electron chi connectivity index (χ0n) is 22.8. The van der Waals surface area contributed by atoms with Gasteiger partial charge < -0.3 is 24.1 Å². The summed E-state index contributed by atoms with van der Waals surface area (Å²) in [4.78, 5) is 32.1. The van der Waals surface area contributed by atoms with Crippen molar-refractivity contribution in [3.8, 4) is 17.3 Å². The summed E-state index contributed by atoms with van der Waals surface area (Å²) < 4.78 is 23.5. The average molecular weight is 544 g/mol. The normalized spacial score (nSPS) is 19.1. The van der Waals surface area contributed by atoms with Crippen molar-refractivity contribution in [1.82, 2.24) is 24.3 Å². The number of carbonyl (C=O) groups is 2. The van der Waals surface area contributed by atoms with Gasteiger partial charge in [0.05, 0.1) is 41.4 Å². The van der Waals surface area contributed by atoms with Crippen LogP contribution in [0.3, 0.4) is 0 Å². The van der Waals surface area contributed by atoms with Gasteiger partial charge >= 0.3 is 0 Å². The average Bonchev–Trinajstić information content (AvgIpc) is 3.44. The number of ether oxygens (including phenoxy) is 1. The molecule has 1 unspecified atom stereocenters. The largest absolute Gasteiger partial charge is 0.491 e. The molecule has 2 aliphatic heterocycles. The van der Waals surface area contributed by atoms with Crippen molar-refractivity contribution >= 4 is 33.8 Å². The zero-order chi connectivity index (χ0) is 27.4. The molecule has 4 aromatic rings. The van der Waals surface area contributed by atoms with Gasteiger partial charge in [0.2, 0.25) is 5.91 Å². The van der Waals surface area contributed by atoms with E-state index in [0.29, 0.717) is 44.1 Å². The number of carbonyl (C=O) groups excluding carboxylic acids is 2. The molecule has 2 aromatic heterocycles. The van der Waals surface area contributed by atoms with E-state index < -0.39 is 6.67 Å². The second kappa shape index (κ2) is 9.94. The molecule has 0 radical (unpaired) electrons. The van der Waals surface area contributed by atoms with Gasteiger partial charge in [-0.1, -0.05) is 12.1 Å². The number of benzene rings is 2. The van der Waals surface area contributed by atoms with Gasteiger partial charge in [-0.05, 0) is 67.9 Å². The number of fused-ring (bicyclic) bond motifs is 3. The highest BCUT2D eigenvalue weighted by Gasteiger charge is 2.29. The Balaban J connectivity index is 1.29. The van der Waals surface area contributed by atoms with Crippen molar-refractivity contribution in [3.05, 3.63) is 47.5 Å². The molecule has 9 heteroatoms. The Kier molecular flexibility index (Phi) is 6.24. The molecule has 0 spiro atoms. The van der Waals surface area contributed by atoms with Crippen LogP contribution in [0.5, 0.6) is 5.75 Å². The topological polar surface area (TPSA) is 81.4 Å². The number of para-hydroxylation sites is 1. The molecular formula is C31H34FN5O3. The van der Waals surface area contributed by atoms with E-state index in [1.54, 1.807) is 4.90 Å². The minimum absolute atomic E-state index is 0.0376. The third-order valence-corrected chi connectivity index (χ3v) is 8.69. The fourth-order valence-corrected chi connectivity index (χ4v) is 6.24. The highest BCUT2D eigenvalue weighted by Crippen LogP contribution is 2.39. The second-order valence-electron chi connectivity index (χ2n) is 11.4. The molecule has 208 valence electrons. The maximum atomic E-state index is 13.2. The van der Waals surface area contributed by atoms with Crippen molar-refractivity contribution in [1.29, 1.82) is 0 Å². The van der Waals surface area contributed by atoms with Crippen molar-refractivity contribution < 1.29 is 18.7 Å². The lowest BCUT2D eigenvalue weighted by Gasteiger charge is -2.28. The van der Waals surface area contributed by atoms with Crippen LogP contribution in [-0.2, 0) is 24.8 Å². The number of hydrogen-bond acceptors (Lipinski definition) is 4. The number of nitrogens with one attached hydrogen (secondary N) is 1. The Labute approximate surface area is 232 Å². The molecule has 1 saturated carbocycles. The second-order valence-corrected chi connectivity index (χ2v) is 11.4. The first-order chi connectivity index (χ1) is 19.5. The van der Waals surface area contributed by atoms with Gasteiger partial charge in [-0.15, -0.1) is 0 Å². The zero-order valence-corrected chi connectivity index (χ0v) is 22.8. The van der Waals surface area contributed by atoms with E-state index in [1.807, 2.05) is 25.2 Å². The monoisotopic (exact) mass is 543 g/mol. The van der Waals surface area contributed by atoms with Gasteiger partial charge in [0.25, 0.3) is 5.91 Å². The molecule has 8 nitrogen and oxygen atoms in total. The number of rotatable bonds is 9. The van der Waals surface area contributed by atoms with Crippen LogP contribution in [0.4, 0.5) is 4.39 Å². The smallest absolute Gasteiger partial charge is 0.254 e. The Hall–Kier alpha value is -3.88. The van der Waals surface area contributed by atoms with Gasteiger partial charge in [0, 0.05) is 44.2 Å². The Morgan fingerprint density at radius 3 is 2.80 bits per heavy atom. The number of halogens is 1. The van der Waals surface area contributed by atoms with Gasteiger partial charge in [-0.25, -0.2) is 4.98 Å². The molecule has 1 aliphatic carbocycles. The highest BCUT2D eigenvalue weighted by atomic mass is 19.1. The third-order valence-electron chi connectivity index (χ3n) is 8.69. The first-order valence-corrected chi connectivity index (χ1v) is 14.4. The molecule has 2 aromatic carbocycles. The van der Waals surface area contributed by atoms with Crippen LogP contribution in [0.1, 0.15) is 41.6 Å². The van der Waals surface area contributed by atoms with Crippen LogP contribution in [0.15, 0.2) is 36.4 Å². The summed E-state index contributed by atoms with van der Waals surface area (Å²) in [5.41, 5.74) is 5.52. The summed E-state index contributed by atoms with van der Waals surface area (Å²) in [5.74, 6) is 2.16. The molecule has 2 amide bonds. The fraction of sp³-hybridized carbons (Fsp3) is 0.452. The summed E-state index contributed by atoms with van der Waals surface area (Å²) in [7, 11) is 2.03. The van der Waals surface area contributed by atoms with E-state index in [1.165, 1.54) is 12.8 Å². The minimum Gasteiger partial charge on any atom is -0.491 e. The summed E-state index contributed by atoms with van der Waals surface area (Å²) in [6, 6.07) is 12.3. The summed E-state index contributed by atoms with van der Waals surface area (Å²) in [5, 5.41) is 3.97. The first-order valence-electron chi connectivity index (χ1n) is 14.4. The predicted octanol–water partition coefficient (Wildman–Crippen LogP) is 4.48. The number of amides is 2. The molecule has 7 rings (SSSR count). The van der Waals surface area contributed by atoms with E-state index in [2.05, 4.69) is 32.7 Å². The maximum absolute atomic E-state index is 13.2. The van der Waals surface area contributed by atoms with E-state index in [0.717, 1.165) is 64.2 Å². The van der Waals surface area contributed by atoms with Crippen molar-refractivity contribution in [3.63, 3.8) is 0 Å². The fourth-order valence-electron chi connectivity index (χ4n) is 6.24. The standard InChI is InChI=1S/C31H34FN5O3/c1-35-25-14-20-9-13-36(12-3-10-32)31(39)23(20)16-24(25)34-29(35)26-15-21-4-2-5-27(28(21)37(26)17-19-6-7-19)40-18-22-8-11-33-30(22)38/h2,4-5,14-16,19,22H,3,6-13,17-18H2,1H3,(H,33,38). The lowest BCUT2D eigenvalue weighted by Crippen LogP contribution is -2.38. The summed E-state index contributed by atoms with van der Waals surface area (Å²) in [6.45, 7) is 2.59. The van der Waals surface area contributed by atoms with Crippen molar-refractivity contribution in [2.75, 3.05) is 32.9 Å². The molecule has 0 bridgehead atoms. The number of hydrogen-bond donors (Lipinski definition) is 1. The van der Waals surface area contributed by atoms with Crippen LogP contribution in [0.25, 0.3) is 33.5 Å². The Bertz CT molecular complexity index is 1640. The first kappa shape index (κ1) is 25.1. The number of aromatic nitrogens is 3. The number of alkyl halides is 1. The minimum atomic E-state index is -0.420. The molecule has 40 heavy (non-hydrogen) atoms. The Morgan fingerprint density at radius 1 is 1.15 bits per heavy atom.